The van der Waals surface area contributed by atoms with Crippen LogP contribution in [-0.2, 0) is 4.79 Å². The number of para-hydroxylation sites is 1. The Morgan fingerprint density at radius 3 is 2.62 bits per heavy atom. The highest BCUT2D eigenvalue weighted by atomic mass is 35.5. The molecule has 0 fully saturated rings. The van der Waals surface area contributed by atoms with Crippen LogP contribution in [0.4, 0.5) is 5.69 Å². The minimum absolute atomic E-state index is 0.323. The van der Waals surface area contributed by atoms with Crippen molar-refractivity contribution >= 4 is 40.7 Å². The van der Waals surface area contributed by atoms with Gasteiger partial charge in [0.2, 0.25) is 0 Å². The summed E-state index contributed by atoms with van der Waals surface area (Å²) >= 11 is 7.18. The number of nitrogens with zero attached hydrogens (tertiary/aromatic N) is 1. The second kappa shape index (κ2) is 5.92. The van der Waals surface area contributed by atoms with Gasteiger partial charge in [0.1, 0.15) is 0 Å². The molecule has 5 heteroatoms. The van der Waals surface area contributed by atoms with Crippen LogP contribution in [0.1, 0.15) is 12.0 Å². The maximum absolute atomic E-state index is 11.3. The van der Waals surface area contributed by atoms with E-state index in [0.717, 1.165) is 21.9 Å². The van der Waals surface area contributed by atoms with E-state index in [1.165, 1.54) is 11.8 Å². The average molecular weight is 317 g/mol. The maximum Gasteiger partial charge on any atom is 0.0769 e. The molecule has 3 rings (SSSR count). The van der Waals surface area contributed by atoms with Gasteiger partial charge in [-0.05, 0) is 29.8 Å². The molecular weight excluding hydrogens is 306 g/mol. The second-order valence-electron chi connectivity index (χ2n) is 4.66. The second-order valence-corrected chi connectivity index (χ2v) is 6.34. The number of benzene rings is 2. The number of hydrogen-bond acceptors (Lipinski definition) is 4. The highest BCUT2D eigenvalue weighted by Gasteiger charge is 2.21. The lowest BCUT2D eigenvalue weighted by molar-refractivity contribution is -0.304. The van der Waals surface area contributed by atoms with Crippen molar-refractivity contribution in [2.24, 2.45) is 4.99 Å². The Labute approximate surface area is 131 Å². The normalized spacial score (nSPS) is 17.6. The number of carbonyl (C=O) groups is 1. The molecule has 2 aromatic rings. The lowest BCUT2D eigenvalue weighted by Crippen LogP contribution is -2.34. The van der Waals surface area contributed by atoms with Crippen LogP contribution in [0.5, 0.6) is 0 Å². The molecule has 0 unspecified atom stereocenters. The van der Waals surface area contributed by atoms with Crippen LogP contribution < -0.4 is 5.11 Å². The molecule has 0 aliphatic carbocycles. The summed E-state index contributed by atoms with van der Waals surface area (Å²) in [4.78, 5) is 16.8. The van der Waals surface area contributed by atoms with Gasteiger partial charge in [-0.1, -0.05) is 35.9 Å². The zero-order chi connectivity index (χ0) is 14.8. The summed E-state index contributed by atoms with van der Waals surface area (Å²) in [6.07, 6.45) is 0.323. The molecule has 0 bridgehead atoms. The number of rotatable bonds is 2. The van der Waals surface area contributed by atoms with Gasteiger partial charge in [-0.15, -0.1) is 11.8 Å². The fourth-order valence-electron chi connectivity index (χ4n) is 2.17. The zero-order valence-corrected chi connectivity index (χ0v) is 12.5. The van der Waals surface area contributed by atoms with Crippen molar-refractivity contribution in [2.45, 2.75) is 16.6 Å². The van der Waals surface area contributed by atoms with Crippen molar-refractivity contribution in [2.75, 3.05) is 0 Å². The molecule has 0 saturated heterocycles. The lowest BCUT2D eigenvalue weighted by atomic mass is 10.1. The molecule has 1 atom stereocenters. The van der Waals surface area contributed by atoms with E-state index in [2.05, 4.69) is 4.99 Å². The average Bonchev–Trinajstić information content (AvgIpc) is 2.67. The Morgan fingerprint density at radius 1 is 1.19 bits per heavy atom. The number of aliphatic imine (C=N–C) groups is 1. The quantitative estimate of drug-likeness (QED) is 0.855. The zero-order valence-electron chi connectivity index (χ0n) is 11.0. The summed E-state index contributed by atoms with van der Waals surface area (Å²) in [5.41, 5.74) is 2.40. The number of hydrogen-bond donors (Lipinski definition) is 0. The van der Waals surface area contributed by atoms with Crippen LogP contribution in [0.15, 0.2) is 58.4 Å². The molecule has 21 heavy (non-hydrogen) atoms. The number of halogens is 1. The minimum Gasteiger partial charge on any atom is -0.549 e. The Morgan fingerprint density at radius 2 is 1.90 bits per heavy atom. The molecule has 0 N–H and O–H groups in total. The standard InChI is InChI=1S/C16H12ClNO2S/c17-11-7-5-10(6-8-11)13-9-15(16(19)20)21-14-4-2-1-3-12(14)18-13/h1-8,15H,9H2,(H,19,20)/p-1/t15-/m0/s1. The van der Waals surface area contributed by atoms with Crippen molar-refractivity contribution in [1.29, 1.82) is 0 Å². The highest BCUT2D eigenvalue weighted by molar-refractivity contribution is 8.00. The Balaban J connectivity index is 2.07. The van der Waals surface area contributed by atoms with E-state index >= 15 is 0 Å². The fraction of sp³-hybridized carbons (Fsp3) is 0.125. The van der Waals surface area contributed by atoms with E-state index in [1.54, 1.807) is 12.1 Å². The first-order valence-electron chi connectivity index (χ1n) is 6.43. The fourth-order valence-corrected chi connectivity index (χ4v) is 3.33. The minimum atomic E-state index is -1.07. The molecule has 0 spiro atoms. The third-order valence-corrected chi connectivity index (χ3v) is 4.70. The Hall–Kier alpha value is -1.78. The largest absolute Gasteiger partial charge is 0.549 e. The summed E-state index contributed by atoms with van der Waals surface area (Å²) in [5.74, 6) is -1.07. The predicted octanol–water partition coefficient (Wildman–Crippen LogP) is 3.08. The number of carbonyl (C=O) groups excluding carboxylic acids is 1. The van der Waals surface area contributed by atoms with Crippen molar-refractivity contribution in [3.63, 3.8) is 0 Å². The van der Waals surface area contributed by atoms with E-state index in [9.17, 15) is 9.90 Å². The van der Waals surface area contributed by atoms with Crippen LogP contribution >= 0.6 is 23.4 Å². The van der Waals surface area contributed by atoms with E-state index in [-0.39, 0.29) is 0 Å². The van der Waals surface area contributed by atoms with Crippen LogP contribution in [0.3, 0.4) is 0 Å². The van der Waals surface area contributed by atoms with Gasteiger partial charge in [0.25, 0.3) is 0 Å². The molecule has 0 saturated carbocycles. The predicted molar refractivity (Wildman–Crippen MR) is 83.4 cm³/mol. The summed E-state index contributed by atoms with van der Waals surface area (Å²) < 4.78 is 0. The van der Waals surface area contributed by atoms with Crippen LogP contribution in [0.2, 0.25) is 5.02 Å². The van der Waals surface area contributed by atoms with Gasteiger partial charge in [-0.3, -0.25) is 4.99 Å². The van der Waals surface area contributed by atoms with Gasteiger partial charge in [0.05, 0.1) is 16.9 Å². The van der Waals surface area contributed by atoms with E-state index in [0.29, 0.717) is 11.4 Å². The van der Waals surface area contributed by atoms with E-state index in [1.807, 2.05) is 36.4 Å². The maximum atomic E-state index is 11.3. The van der Waals surface area contributed by atoms with Crippen molar-refractivity contribution < 1.29 is 9.90 Å². The Bertz CT molecular complexity index is 712. The summed E-state index contributed by atoms with van der Waals surface area (Å²) in [5, 5.41) is 11.3. The van der Waals surface area contributed by atoms with Gasteiger partial charge >= 0.3 is 0 Å². The summed E-state index contributed by atoms with van der Waals surface area (Å²) in [7, 11) is 0. The monoisotopic (exact) mass is 316 g/mol. The first-order valence-corrected chi connectivity index (χ1v) is 7.69. The van der Waals surface area contributed by atoms with Gasteiger partial charge in [0.15, 0.2) is 0 Å². The van der Waals surface area contributed by atoms with Gasteiger partial charge in [0, 0.05) is 22.1 Å². The number of aliphatic carboxylic acids is 1. The van der Waals surface area contributed by atoms with Crippen molar-refractivity contribution in [3.8, 4) is 0 Å². The molecule has 106 valence electrons. The SMILES string of the molecule is O=C([O-])[C@@H]1CC(c2ccc(Cl)cc2)=Nc2ccccc2S1. The molecule has 0 aromatic heterocycles. The molecule has 0 amide bonds. The van der Waals surface area contributed by atoms with Gasteiger partial charge < -0.3 is 9.90 Å². The summed E-state index contributed by atoms with van der Waals surface area (Å²) in [6.45, 7) is 0. The molecule has 2 aromatic carbocycles. The third kappa shape index (κ3) is 3.12. The number of carboxylic acid groups (broad SMARTS) is 1. The van der Waals surface area contributed by atoms with Crippen LogP contribution in [-0.4, -0.2) is 16.9 Å². The molecule has 0 radical (unpaired) electrons. The van der Waals surface area contributed by atoms with Gasteiger partial charge in [-0.2, -0.15) is 0 Å². The first-order chi connectivity index (χ1) is 10.1. The molecule has 1 heterocycles. The molecule has 3 nitrogen and oxygen atoms in total. The van der Waals surface area contributed by atoms with Gasteiger partial charge in [-0.25, -0.2) is 0 Å². The third-order valence-electron chi connectivity index (χ3n) is 3.21. The van der Waals surface area contributed by atoms with E-state index < -0.39 is 11.2 Å². The molecular formula is C16H11ClNO2S-. The highest BCUT2D eigenvalue weighted by Crippen LogP contribution is 2.37. The number of carboxylic acids is 1. The molecule has 1 aliphatic heterocycles. The lowest BCUT2D eigenvalue weighted by Gasteiger charge is -2.16. The Kier molecular flexibility index (Phi) is 3.99. The van der Waals surface area contributed by atoms with E-state index in [4.69, 9.17) is 11.6 Å². The van der Waals surface area contributed by atoms with Crippen molar-refractivity contribution in [3.05, 3.63) is 59.1 Å². The smallest absolute Gasteiger partial charge is 0.0769 e. The van der Waals surface area contributed by atoms with Crippen LogP contribution in [0, 0.1) is 0 Å². The van der Waals surface area contributed by atoms with Crippen LogP contribution in [0.25, 0.3) is 0 Å². The molecule has 1 aliphatic rings. The number of thioether (sulfide) groups is 1. The topological polar surface area (TPSA) is 52.5 Å². The number of fused-ring (bicyclic) bond motifs is 1. The first kappa shape index (κ1) is 14.2. The van der Waals surface area contributed by atoms with Crippen molar-refractivity contribution in [1.82, 2.24) is 0 Å². The summed E-state index contributed by atoms with van der Waals surface area (Å²) in [6, 6.07) is 14.8.